The average Bonchev–Trinajstić information content (AvgIpc) is 2.35. The molecule has 1 aromatic carbocycles. The lowest BCUT2D eigenvalue weighted by atomic mass is 10.1. The minimum Gasteiger partial charge on any atom is -0.496 e. The Kier molecular flexibility index (Phi) is 5.60. The van der Waals surface area contributed by atoms with E-state index in [1.807, 2.05) is 0 Å². The van der Waals surface area contributed by atoms with E-state index < -0.39 is 24.3 Å². The monoisotopic (exact) mass is 288 g/mol. The number of hydrogen-bond acceptors (Lipinski definition) is 4. The van der Waals surface area contributed by atoms with Gasteiger partial charge in [-0.3, -0.25) is 0 Å². The van der Waals surface area contributed by atoms with Gasteiger partial charge in [-0.05, 0) is 26.0 Å². The van der Waals surface area contributed by atoms with Crippen LogP contribution in [0.4, 0.5) is 0 Å². The number of rotatable bonds is 6. The van der Waals surface area contributed by atoms with Gasteiger partial charge in [0.15, 0.2) is 6.10 Å². The van der Waals surface area contributed by atoms with Crippen molar-refractivity contribution in [2.75, 3.05) is 7.11 Å². The molecule has 106 valence electrons. The molecule has 2 N–H and O–H groups in total. The zero-order chi connectivity index (χ0) is 14.6. The van der Waals surface area contributed by atoms with Crippen LogP contribution in [0.15, 0.2) is 18.2 Å². The van der Waals surface area contributed by atoms with Crippen LogP contribution in [0.25, 0.3) is 0 Å². The van der Waals surface area contributed by atoms with Gasteiger partial charge in [0.05, 0.1) is 29.9 Å². The lowest BCUT2D eigenvalue weighted by Gasteiger charge is -2.23. The van der Waals surface area contributed by atoms with Crippen molar-refractivity contribution >= 4 is 17.6 Å². The molecule has 19 heavy (non-hydrogen) atoms. The van der Waals surface area contributed by atoms with E-state index in [0.717, 1.165) is 0 Å². The van der Waals surface area contributed by atoms with Gasteiger partial charge in [-0.1, -0.05) is 17.7 Å². The highest BCUT2D eigenvalue weighted by Gasteiger charge is 2.29. The van der Waals surface area contributed by atoms with Crippen molar-refractivity contribution in [1.82, 2.24) is 0 Å². The lowest BCUT2D eigenvalue weighted by Crippen LogP contribution is -2.28. The summed E-state index contributed by atoms with van der Waals surface area (Å²) in [6.45, 7) is 3.11. The van der Waals surface area contributed by atoms with E-state index in [1.54, 1.807) is 25.1 Å². The third-order valence-electron chi connectivity index (χ3n) is 2.75. The fourth-order valence-electron chi connectivity index (χ4n) is 1.53. The van der Waals surface area contributed by atoms with Crippen molar-refractivity contribution in [3.05, 3.63) is 28.8 Å². The number of carbonyl (C=O) groups is 1. The van der Waals surface area contributed by atoms with Gasteiger partial charge < -0.3 is 19.7 Å². The molecule has 0 bridgehead atoms. The fourth-order valence-corrected chi connectivity index (χ4v) is 1.79. The Morgan fingerprint density at radius 1 is 1.37 bits per heavy atom. The number of benzene rings is 1. The van der Waals surface area contributed by atoms with E-state index in [9.17, 15) is 15.0 Å². The Balaban J connectivity index is 3.16. The highest BCUT2D eigenvalue weighted by molar-refractivity contribution is 6.31. The van der Waals surface area contributed by atoms with Crippen LogP contribution in [-0.4, -0.2) is 35.5 Å². The van der Waals surface area contributed by atoms with Crippen LogP contribution in [0.3, 0.4) is 0 Å². The number of aliphatic hydroxyl groups excluding tert-OH is 1. The average molecular weight is 289 g/mol. The van der Waals surface area contributed by atoms with Crippen LogP contribution in [0, 0.1) is 0 Å². The van der Waals surface area contributed by atoms with E-state index in [4.69, 9.17) is 21.1 Å². The van der Waals surface area contributed by atoms with Gasteiger partial charge in [-0.25, -0.2) is 4.79 Å². The first kappa shape index (κ1) is 15.8. The van der Waals surface area contributed by atoms with Gasteiger partial charge in [-0.2, -0.15) is 0 Å². The number of ether oxygens (including phenoxy) is 2. The molecule has 0 saturated carbocycles. The molecule has 0 radical (unpaired) electrons. The minimum atomic E-state index is -1.30. The van der Waals surface area contributed by atoms with Crippen LogP contribution in [-0.2, 0) is 9.53 Å². The number of aliphatic hydroxyl groups is 1. The molecule has 0 aliphatic rings. The molecule has 3 unspecified atom stereocenters. The third kappa shape index (κ3) is 3.83. The molecule has 0 aliphatic carbocycles. The van der Waals surface area contributed by atoms with Crippen LogP contribution < -0.4 is 4.74 Å². The Morgan fingerprint density at radius 2 is 2.00 bits per heavy atom. The van der Waals surface area contributed by atoms with E-state index in [2.05, 4.69) is 0 Å². The minimum absolute atomic E-state index is 0.240. The first-order valence-corrected chi connectivity index (χ1v) is 6.15. The standard InChI is InChI=1S/C13H17ClO5/c1-7(15)8(2)19-12(13(16)17)11-9(14)5-4-6-10(11)18-3/h4-8,12,15H,1-3H3,(H,16,17). The topological polar surface area (TPSA) is 76.0 Å². The lowest BCUT2D eigenvalue weighted by molar-refractivity contribution is -0.158. The van der Waals surface area contributed by atoms with Crippen molar-refractivity contribution in [2.45, 2.75) is 32.2 Å². The predicted molar refractivity (Wildman–Crippen MR) is 70.6 cm³/mol. The summed E-state index contributed by atoms with van der Waals surface area (Å²) < 4.78 is 10.5. The van der Waals surface area contributed by atoms with Crippen molar-refractivity contribution in [3.63, 3.8) is 0 Å². The highest BCUT2D eigenvalue weighted by atomic mass is 35.5. The quantitative estimate of drug-likeness (QED) is 0.840. The maximum Gasteiger partial charge on any atom is 0.337 e. The SMILES string of the molecule is COc1cccc(Cl)c1C(OC(C)C(C)O)C(=O)O. The Hall–Kier alpha value is -1.30. The van der Waals surface area contributed by atoms with Gasteiger partial charge in [0.25, 0.3) is 0 Å². The van der Waals surface area contributed by atoms with Crippen molar-refractivity contribution in [2.24, 2.45) is 0 Å². The second-order valence-corrected chi connectivity index (χ2v) is 4.56. The summed E-state index contributed by atoms with van der Waals surface area (Å²) in [5.41, 5.74) is 0.242. The molecule has 0 amide bonds. The second kappa shape index (κ2) is 6.75. The van der Waals surface area contributed by atoms with E-state index >= 15 is 0 Å². The van der Waals surface area contributed by atoms with Crippen LogP contribution in [0.1, 0.15) is 25.5 Å². The summed E-state index contributed by atoms with van der Waals surface area (Å²) in [6, 6.07) is 4.82. The van der Waals surface area contributed by atoms with Crippen molar-refractivity contribution < 1.29 is 24.5 Å². The molecule has 0 aliphatic heterocycles. The van der Waals surface area contributed by atoms with Gasteiger partial charge in [0, 0.05) is 0 Å². The Morgan fingerprint density at radius 3 is 2.47 bits per heavy atom. The zero-order valence-corrected chi connectivity index (χ0v) is 11.7. The van der Waals surface area contributed by atoms with E-state index in [1.165, 1.54) is 14.0 Å². The fraction of sp³-hybridized carbons (Fsp3) is 0.462. The molecule has 6 heteroatoms. The number of halogens is 1. The molecule has 1 aromatic rings. The molecular weight excluding hydrogens is 272 g/mol. The summed E-state index contributed by atoms with van der Waals surface area (Å²) in [5, 5.41) is 18.9. The number of aliphatic carboxylic acids is 1. The van der Waals surface area contributed by atoms with Gasteiger partial charge >= 0.3 is 5.97 Å². The normalized spacial score (nSPS) is 15.6. The molecular formula is C13H17ClO5. The number of carboxylic acid groups (broad SMARTS) is 1. The molecule has 0 saturated heterocycles. The number of hydrogen-bond donors (Lipinski definition) is 2. The van der Waals surface area contributed by atoms with E-state index in [-0.39, 0.29) is 10.6 Å². The number of carboxylic acids is 1. The van der Waals surface area contributed by atoms with Gasteiger partial charge in [-0.15, -0.1) is 0 Å². The smallest absolute Gasteiger partial charge is 0.337 e. The first-order valence-electron chi connectivity index (χ1n) is 5.77. The zero-order valence-electron chi connectivity index (χ0n) is 11.0. The summed E-state index contributed by atoms with van der Waals surface area (Å²) in [6.07, 6.45) is -2.74. The third-order valence-corrected chi connectivity index (χ3v) is 3.08. The second-order valence-electron chi connectivity index (χ2n) is 4.16. The van der Waals surface area contributed by atoms with Gasteiger partial charge in [0.1, 0.15) is 5.75 Å². The maximum atomic E-state index is 11.4. The van der Waals surface area contributed by atoms with Crippen molar-refractivity contribution in [1.29, 1.82) is 0 Å². The molecule has 0 fully saturated rings. The molecule has 1 rings (SSSR count). The summed E-state index contributed by atoms with van der Waals surface area (Å²) in [5.74, 6) is -0.864. The van der Waals surface area contributed by atoms with Crippen LogP contribution >= 0.6 is 11.6 Å². The Labute approximate surface area is 116 Å². The molecule has 0 spiro atoms. The largest absolute Gasteiger partial charge is 0.496 e. The molecule has 0 heterocycles. The summed E-state index contributed by atoms with van der Waals surface area (Å²) in [4.78, 5) is 11.4. The van der Waals surface area contributed by atoms with Gasteiger partial charge in [0.2, 0.25) is 0 Å². The predicted octanol–water partition coefficient (Wildman–Crippen LogP) is 2.26. The van der Waals surface area contributed by atoms with E-state index in [0.29, 0.717) is 5.75 Å². The molecule has 5 nitrogen and oxygen atoms in total. The van der Waals surface area contributed by atoms with Crippen LogP contribution in [0.5, 0.6) is 5.75 Å². The Bertz CT molecular complexity index is 447. The highest BCUT2D eigenvalue weighted by Crippen LogP contribution is 2.35. The summed E-state index contributed by atoms with van der Waals surface area (Å²) >= 11 is 6.02. The molecule has 3 atom stereocenters. The molecule has 0 aromatic heterocycles. The van der Waals surface area contributed by atoms with Crippen LogP contribution in [0.2, 0.25) is 5.02 Å². The van der Waals surface area contributed by atoms with Crippen molar-refractivity contribution in [3.8, 4) is 5.75 Å². The summed E-state index contributed by atoms with van der Waals surface area (Å²) in [7, 11) is 1.42. The number of methoxy groups -OCH3 is 1. The maximum absolute atomic E-state index is 11.4. The first-order chi connectivity index (χ1) is 8.88.